The third-order valence-electron chi connectivity index (χ3n) is 3.58. The molecule has 0 N–H and O–H groups in total. The lowest BCUT2D eigenvalue weighted by molar-refractivity contribution is -0.124. The van der Waals surface area contributed by atoms with Gasteiger partial charge in [0, 0.05) is 6.08 Å². The Morgan fingerprint density at radius 2 is 1.83 bits per heavy atom. The molecule has 1 saturated heterocycles. The van der Waals surface area contributed by atoms with Crippen LogP contribution in [-0.4, -0.2) is 23.5 Å². The van der Waals surface area contributed by atoms with Crippen molar-refractivity contribution >= 4 is 18.1 Å². The molecule has 0 aliphatic carbocycles. The minimum atomic E-state index is -0.660. The van der Waals surface area contributed by atoms with E-state index in [9.17, 15) is 14.0 Å². The van der Waals surface area contributed by atoms with Gasteiger partial charge in [0.05, 0.1) is 0 Å². The zero-order chi connectivity index (χ0) is 16.2. The quantitative estimate of drug-likeness (QED) is 0.814. The first-order chi connectivity index (χ1) is 11.1. The fourth-order valence-corrected chi connectivity index (χ4v) is 2.41. The summed E-state index contributed by atoms with van der Waals surface area (Å²) >= 11 is 0. The van der Waals surface area contributed by atoms with Crippen LogP contribution in [0.2, 0.25) is 0 Å². The summed E-state index contributed by atoms with van der Waals surface area (Å²) in [6.07, 6.45) is 2.16. The highest BCUT2D eigenvalue weighted by atomic mass is 19.1. The highest BCUT2D eigenvalue weighted by Gasteiger charge is 2.37. The zero-order valence-corrected chi connectivity index (χ0v) is 12.2. The SMILES string of the molecule is O=C(/C=C/c1ccc(F)cc1)N1C(=O)OC[C@H]1c1ccccc1. The molecule has 2 aromatic carbocycles. The third kappa shape index (κ3) is 3.29. The van der Waals surface area contributed by atoms with E-state index in [4.69, 9.17) is 4.74 Å². The second kappa shape index (κ2) is 6.44. The standard InChI is InChI=1S/C18H14FNO3/c19-15-9-6-13(7-10-15)8-11-17(21)20-16(12-23-18(20)22)14-4-2-1-3-5-14/h1-11,16H,12H2/b11-8+/t16-/m0/s1. The Morgan fingerprint density at radius 3 is 2.52 bits per heavy atom. The van der Waals surface area contributed by atoms with Crippen molar-refractivity contribution in [1.29, 1.82) is 0 Å². The molecule has 1 aliphatic rings. The maximum Gasteiger partial charge on any atom is 0.417 e. The van der Waals surface area contributed by atoms with Gasteiger partial charge in [0.1, 0.15) is 18.5 Å². The first kappa shape index (κ1) is 15.0. The molecule has 1 fully saturated rings. The molecule has 1 heterocycles. The minimum absolute atomic E-state index is 0.138. The lowest BCUT2D eigenvalue weighted by atomic mass is 10.1. The molecule has 5 heteroatoms. The Hall–Kier alpha value is -2.95. The molecular weight excluding hydrogens is 297 g/mol. The number of amides is 2. The lowest BCUT2D eigenvalue weighted by Gasteiger charge is -2.18. The number of carbonyl (C=O) groups excluding carboxylic acids is 2. The summed E-state index contributed by atoms with van der Waals surface area (Å²) in [5, 5.41) is 0. The van der Waals surface area contributed by atoms with Gasteiger partial charge in [-0.15, -0.1) is 0 Å². The minimum Gasteiger partial charge on any atom is -0.446 e. The summed E-state index contributed by atoms with van der Waals surface area (Å²) in [5.41, 5.74) is 1.51. The number of cyclic esters (lactones) is 1. The molecule has 3 rings (SSSR count). The van der Waals surface area contributed by atoms with Crippen LogP contribution in [0.3, 0.4) is 0 Å². The molecule has 116 valence electrons. The van der Waals surface area contributed by atoms with Gasteiger partial charge in [0.15, 0.2) is 0 Å². The predicted molar refractivity (Wildman–Crippen MR) is 82.8 cm³/mol. The molecule has 1 atom stereocenters. The van der Waals surface area contributed by atoms with Gasteiger partial charge >= 0.3 is 6.09 Å². The molecule has 0 radical (unpaired) electrons. The van der Waals surface area contributed by atoms with E-state index in [0.717, 1.165) is 10.5 Å². The van der Waals surface area contributed by atoms with Gasteiger partial charge in [-0.2, -0.15) is 0 Å². The molecule has 0 spiro atoms. The molecule has 0 saturated carbocycles. The Morgan fingerprint density at radius 1 is 1.13 bits per heavy atom. The number of nitrogens with zero attached hydrogens (tertiary/aromatic N) is 1. The molecule has 4 nitrogen and oxygen atoms in total. The van der Waals surface area contributed by atoms with Crippen molar-refractivity contribution in [3.8, 4) is 0 Å². The molecule has 0 bridgehead atoms. The van der Waals surface area contributed by atoms with Crippen LogP contribution in [0.5, 0.6) is 0 Å². The average Bonchev–Trinajstić information content (AvgIpc) is 2.96. The highest BCUT2D eigenvalue weighted by molar-refractivity contribution is 6.02. The predicted octanol–water partition coefficient (Wildman–Crippen LogP) is 3.56. The van der Waals surface area contributed by atoms with Gasteiger partial charge in [-0.25, -0.2) is 14.1 Å². The zero-order valence-electron chi connectivity index (χ0n) is 12.2. The smallest absolute Gasteiger partial charge is 0.417 e. The number of hydrogen-bond donors (Lipinski definition) is 0. The van der Waals surface area contributed by atoms with E-state index in [-0.39, 0.29) is 12.4 Å². The summed E-state index contributed by atoms with van der Waals surface area (Å²) in [5.74, 6) is -0.814. The molecule has 0 aromatic heterocycles. The van der Waals surface area contributed by atoms with Crippen molar-refractivity contribution in [2.45, 2.75) is 6.04 Å². The van der Waals surface area contributed by atoms with Crippen LogP contribution in [0, 0.1) is 5.82 Å². The van der Waals surface area contributed by atoms with Crippen molar-refractivity contribution in [3.63, 3.8) is 0 Å². The van der Waals surface area contributed by atoms with Gasteiger partial charge < -0.3 is 4.74 Å². The van der Waals surface area contributed by atoms with Gasteiger partial charge in [-0.05, 0) is 29.3 Å². The van der Waals surface area contributed by atoms with Crippen molar-refractivity contribution in [2.75, 3.05) is 6.61 Å². The summed E-state index contributed by atoms with van der Waals surface area (Å²) in [7, 11) is 0. The second-order valence-corrected chi connectivity index (χ2v) is 5.10. The largest absolute Gasteiger partial charge is 0.446 e. The Kier molecular flexibility index (Phi) is 4.19. The molecule has 2 amide bonds. The van der Waals surface area contributed by atoms with Crippen LogP contribution in [0.1, 0.15) is 17.2 Å². The van der Waals surface area contributed by atoms with E-state index in [0.29, 0.717) is 5.56 Å². The van der Waals surface area contributed by atoms with E-state index in [1.54, 1.807) is 12.1 Å². The fraction of sp³-hybridized carbons (Fsp3) is 0.111. The normalized spacial score (nSPS) is 17.5. The Bertz CT molecular complexity index is 741. The van der Waals surface area contributed by atoms with Gasteiger partial charge in [-0.1, -0.05) is 42.5 Å². The third-order valence-corrected chi connectivity index (χ3v) is 3.58. The van der Waals surface area contributed by atoms with Crippen molar-refractivity contribution in [2.24, 2.45) is 0 Å². The second-order valence-electron chi connectivity index (χ2n) is 5.10. The van der Waals surface area contributed by atoms with E-state index < -0.39 is 18.0 Å². The number of hydrogen-bond acceptors (Lipinski definition) is 3. The van der Waals surface area contributed by atoms with Gasteiger partial charge in [0.2, 0.25) is 0 Å². The number of imide groups is 1. The maximum absolute atomic E-state index is 12.9. The fourth-order valence-electron chi connectivity index (χ4n) is 2.41. The van der Waals surface area contributed by atoms with Crippen LogP contribution in [0.25, 0.3) is 6.08 Å². The van der Waals surface area contributed by atoms with E-state index in [1.165, 1.54) is 24.3 Å². The Balaban J connectivity index is 1.79. The van der Waals surface area contributed by atoms with E-state index in [1.807, 2.05) is 30.3 Å². The number of rotatable bonds is 3. The average molecular weight is 311 g/mol. The van der Waals surface area contributed by atoms with Crippen LogP contribution in [-0.2, 0) is 9.53 Å². The first-order valence-corrected chi connectivity index (χ1v) is 7.14. The Labute approximate surface area is 132 Å². The molecular formula is C18H14FNO3. The highest BCUT2D eigenvalue weighted by Crippen LogP contribution is 2.27. The maximum atomic E-state index is 12.9. The van der Waals surface area contributed by atoms with Crippen LogP contribution < -0.4 is 0 Å². The summed E-state index contributed by atoms with van der Waals surface area (Å²) < 4.78 is 17.9. The van der Waals surface area contributed by atoms with Crippen molar-refractivity contribution < 1.29 is 18.7 Å². The van der Waals surface area contributed by atoms with E-state index >= 15 is 0 Å². The summed E-state index contributed by atoms with van der Waals surface area (Å²) in [4.78, 5) is 25.3. The van der Waals surface area contributed by atoms with Crippen LogP contribution in [0.4, 0.5) is 9.18 Å². The van der Waals surface area contributed by atoms with Crippen molar-refractivity contribution in [3.05, 3.63) is 77.6 Å². The topological polar surface area (TPSA) is 46.6 Å². The van der Waals surface area contributed by atoms with E-state index in [2.05, 4.69) is 0 Å². The number of carbonyl (C=O) groups is 2. The van der Waals surface area contributed by atoms with Gasteiger partial charge in [0.25, 0.3) is 5.91 Å². The van der Waals surface area contributed by atoms with Crippen molar-refractivity contribution in [1.82, 2.24) is 4.90 Å². The lowest BCUT2D eigenvalue weighted by Crippen LogP contribution is -2.32. The van der Waals surface area contributed by atoms with Crippen LogP contribution >= 0.6 is 0 Å². The molecule has 23 heavy (non-hydrogen) atoms. The molecule has 2 aromatic rings. The monoisotopic (exact) mass is 311 g/mol. The molecule has 1 aliphatic heterocycles. The van der Waals surface area contributed by atoms with Gasteiger partial charge in [-0.3, -0.25) is 4.79 Å². The number of ether oxygens (including phenoxy) is 1. The first-order valence-electron chi connectivity index (χ1n) is 7.14. The summed E-state index contributed by atoms with van der Waals surface area (Å²) in [6.45, 7) is 0.138. The summed E-state index contributed by atoms with van der Waals surface area (Å²) in [6, 6.07) is 14.5. The van der Waals surface area contributed by atoms with Crippen LogP contribution in [0.15, 0.2) is 60.7 Å². The molecule has 0 unspecified atom stereocenters. The number of halogens is 1. The number of benzene rings is 2.